The molecule has 2 fully saturated rings. The summed E-state index contributed by atoms with van der Waals surface area (Å²) in [6.45, 7) is 8.89. The highest BCUT2D eigenvalue weighted by molar-refractivity contribution is 5.98. The molecule has 2 aromatic rings. The maximum atomic E-state index is 13.9. The molecule has 0 saturated carbocycles. The monoisotopic (exact) mass is 484 g/mol. The Morgan fingerprint density at radius 2 is 1.80 bits per heavy atom. The van der Waals surface area contributed by atoms with Gasteiger partial charge < -0.3 is 24.6 Å². The molecule has 4 rings (SSSR count). The van der Waals surface area contributed by atoms with Gasteiger partial charge in [-0.05, 0) is 63.4 Å². The zero-order valence-corrected chi connectivity index (χ0v) is 20.6. The molecular weight excluding hydrogens is 451 g/mol. The number of nitrogens with one attached hydrogen (secondary N) is 1. The molecule has 0 bridgehead atoms. The Bertz CT molecular complexity index is 1040. The van der Waals surface area contributed by atoms with Gasteiger partial charge in [0.1, 0.15) is 17.2 Å². The highest BCUT2D eigenvalue weighted by Gasteiger charge is 2.42. The fourth-order valence-corrected chi connectivity index (χ4v) is 4.51. The molecule has 0 radical (unpaired) electrons. The average Bonchev–Trinajstić information content (AvgIpc) is 2.84. The van der Waals surface area contributed by atoms with Gasteiger partial charge in [-0.1, -0.05) is 12.1 Å². The minimum atomic E-state index is -0.862. The van der Waals surface area contributed by atoms with Gasteiger partial charge in [0.05, 0.1) is 17.3 Å². The van der Waals surface area contributed by atoms with Crippen LogP contribution >= 0.6 is 0 Å². The Morgan fingerprint density at radius 1 is 1.09 bits per heavy atom. The molecule has 35 heavy (non-hydrogen) atoms. The normalized spacial score (nSPS) is 18.2. The van der Waals surface area contributed by atoms with E-state index in [0.717, 1.165) is 5.69 Å². The molecule has 1 aromatic heterocycles. The Morgan fingerprint density at radius 3 is 2.40 bits per heavy atom. The highest BCUT2D eigenvalue weighted by Crippen LogP contribution is 2.36. The molecule has 0 unspecified atom stereocenters. The van der Waals surface area contributed by atoms with Gasteiger partial charge in [-0.2, -0.15) is 0 Å². The lowest BCUT2D eigenvalue weighted by Gasteiger charge is -2.37. The van der Waals surface area contributed by atoms with Gasteiger partial charge in [0, 0.05) is 39.4 Å². The summed E-state index contributed by atoms with van der Waals surface area (Å²) in [5.41, 5.74) is 0.185. The van der Waals surface area contributed by atoms with Crippen molar-refractivity contribution in [2.24, 2.45) is 0 Å². The Balaban J connectivity index is 1.39. The zero-order chi connectivity index (χ0) is 25.1. The summed E-state index contributed by atoms with van der Waals surface area (Å²) < 4.78 is 24.9. The maximum absolute atomic E-state index is 13.9. The number of carbonyl (C=O) groups excluding carboxylic acids is 2. The van der Waals surface area contributed by atoms with E-state index in [2.05, 4.69) is 15.2 Å². The van der Waals surface area contributed by atoms with Crippen molar-refractivity contribution in [1.82, 2.24) is 9.88 Å². The van der Waals surface area contributed by atoms with Crippen LogP contribution in [0.1, 0.15) is 39.2 Å². The van der Waals surface area contributed by atoms with Crippen LogP contribution in [0.15, 0.2) is 42.6 Å². The van der Waals surface area contributed by atoms with E-state index < -0.39 is 11.0 Å². The number of nitrogens with zero attached hydrogens (tertiary/aromatic N) is 3. The molecule has 2 saturated heterocycles. The minimum absolute atomic E-state index is 0.211. The van der Waals surface area contributed by atoms with E-state index in [1.165, 1.54) is 12.1 Å². The molecule has 188 valence electrons. The van der Waals surface area contributed by atoms with Crippen molar-refractivity contribution in [2.45, 2.75) is 44.6 Å². The smallest absolute Gasteiger partial charge is 0.410 e. The van der Waals surface area contributed by atoms with Crippen molar-refractivity contribution in [3.8, 4) is 0 Å². The molecule has 0 atom stereocenters. The first-order valence-electron chi connectivity index (χ1n) is 12.0. The number of aromatic nitrogens is 1. The van der Waals surface area contributed by atoms with Crippen LogP contribution in [0.4, 0.5) is 20.7 Å². The van der Waals surface area contributed by atoms with Crippen LogP contribution in [0.5, 0.6) is 0 Å². The number of piperazine rings is 1. The Kier molecular flexibility index (Phi) is 7.25. The number of carbonyl (C=O) groups is 2. The first-order chi connectivity index (χ1) is 16.7. The zero-order valence-electron chi connectivity index (χ0n) is 20.6. The number of ether oxygens (including phenoxy) is 2. The molecular formula is C26H33FN4O4. The number of rotatable bonds is 4. The third-order valence-electron chi connectivity index (χ3n) is 6.44. The van der Waals surface area contributed by atoms with Crippen LogP contribution < -0.4 is 10.2 Å². The van der Waals surface area contributed by atoms with Crippen molar-refractivity contribution in [3.05, 3.63) is 54.0 Å². The second-order valence-electron chi connectivity index (χ2n) is 10.0. The van der Waals surface area contributed by atoms with Gasteiger partial charge in [0.15, 0.2) is 0 Å². The molecule has 1 aromatic carbocycles. The molecule has 8 nitrogen and oxygen atoms in total. The number of hydrogen-bond donors (Lipinski definition) is 1. The predicted octanol–water partition coefficient (Wildman–Crippen LogP) is 3.96. The largest absolute Gasteiger partial charge is 0.444 e. The van der Waals surface area contributed by atoms with Crippen LogP contribution in [0.3, 0.4) is 0 Å². The van der Waals surface area contributed by atoms with Crippen molar-refractivity contribution in [2.75, 3.05) is 49.6 Å². The van der Waals surface area contributed by atoms with Crippen molar-refractivity contribution in [3.63, 3.8) is 0 Å². The third kappa shape index (κ3) is 5.90. The summed E-state index contributed by atoms with van der Waals surface area (Å²) in [5.74, 6) is -0.138. The molecule has 1 N–H and O–H groups in total. The molecule has 2 aliphatic heterocycles. The van der Waals surface area contributed by atoms with Crippen LogP contribution in [0.25, 0.3) is 0 Å². The highest BCUT2D eigenvalue weighted by atomic mass is 19.1. The van der Waals surface area contributed by atoms with Gasteiger partial charge in [-0.3, -0.25) is 4.79 Å². The maximum Gasteiger partial charge on any atom is 0.410 e. The number of hydrogen-bond acceptors (Lipinski definition) is 6. The molecule has 0 aliphatic carbocycles. The molecule has 2 aliphatic rings. The van der Waals surface area contributed by atoms with E-state index >= 15 is 0 Å². The number of anilines is 2. The van der Waals surface area contributed by atoms with E-state index in [0.29, 0.717) is 63.6 Å². The SMILES string of the molecule is CC(C)(C)OC(=O)N1CCN(c2ccc(NC(=O)C3(c4cccc(F)c4)CCOCC3)nc2)CC1. The fraction of sp³-hybridized carbons (Fsp3) is 0.500. The van der Waals surface area contributed by atoms with E-state index in [4.69, 9.17) is 9.47 Å². The van der Waals surface area contributed by atoms with Gasteiger partial charge >= 0.3 is 6.09 Å². The summed E-state index contributed by atoms with van der Waals surface area (Å²) >= 11 is 0. The lowest BCUT2D eigenvalue weighted by molar-refractivity contribution is -0.125. The lowest BCUT2D eigenvalue weighted by Crippen LogP contribution is -2.50. The summed E-state index contributed by atoms with van der Waals surface area (Å²) in [4.78, 5) is 34.0. The molecule has 3 heterocycles. The van der Waals surface area contributed by atoms with Crippen molar-refractivity contribution in [1.29, 1.82) is 0 Å². The van der Waals surface area contributed by atoms with Gasteiger partial charge in [0.25, 0.3) is 0 Å². The second-order valence-corrected chi connectivity index (χ2v) is 10.0. The first-order valence-corrected chi connectivity index (χ1v) is 12.0. The van der Waals surface area contributed by atoms with E-state index in [1.54, 1.807) is 29.3 Å². The second kappa shape index (κ2) is 10.2. The van der Waals surface area contributed by atoms with Crippen molar-refractivity contribution >= 4 is 23.5 Å². The average molecular weight is 485 g/mol. The Labute approximate surface area is 205 Å². The third-order valence-corrected chi connectivity index (χ3v) is 6.44. The van der Waals surface area contributed by atoms with Gasteiger partial charge in [-0.15, -0.1) is 0 Å². The predicted molar refractivity (Wildman–Crippen MR) is 131 cm³/mol. The van der Waals surface area contributed by atoms with Crippen LogP contribution in [0.2, 0.25) is 0 Å². The first kappa shape index (κ1) is 24.9. The summed E-state index contributed by atoms with van der Waals surface area (Å²) in [6.07, 6.45) is 2.37. The van der Waals surface area contributed by atoms with E-state index in [1.807, 2.05) is 26.8 Å². The number of amides is 2. The van der Waals surface area contributed by atoms with E-state index in [-0.39, 0.29) is 17.8 Å². The van der Waals surface area contributed by atoms with Crippen LogP contribution in [0, 0.1) is 5.82 Å². The summed E-state index contributed by atoms with van der Waals surface area (Å²) in [5, 5.41) is 2.93. The Hall–Kier alpha value is -3.20. The molecule has 2 amide bonds. The van der Waals surface area contributed by atoms with E-state index in [9.17, 15) is 14.0 Å². The fourth-order valence-electron chi connectivity index (χ4n) is 4.51. The lowest BCUT2D eigenvalue weighted by atomic mass is 9.73. The number of pyridine rings is 1. The van der Waals surface area contributed by atoms with Crippen LogP contribution in [-0.2, 0) is 19.7 Å². The molecule has 9 heteroatoms. The van der Waals surface area contributed by atoms with Crippen LogP contribution in [-0.4, -0.2) is 66.9 Å². The number of halogens is 1. The summed E-state index contributed by atoms with van der Waals surface area (Å²) in [7, 11) is 0. The quantitative estimate of drug-likeness (QED) is 0.707. The van der Waals surface area contributed by atoms with Gasteiger partial charge in [-0.25, -0.2) is 14.2 Å². The summed E-state index contributed by atoms with van der Waals surface area (Å²) in [6, 6.07) is 9.91. The van der Waals surface area contributed by atoms with Crippen molar-refractivity contribution < 1.29 is 23.5 Å². The number of benzene rings is 1. The van der Waals surface area contributed by atoms with Gasteiger partial charge in [0.2, 0.25) is 5.91 Å². The topological polar surface area (TPSA) is 84.0 Å². The minimum Gasteiger partial charge on any atom is -0.444 e. The standard InChI is InChI=1S/C26H33FN4O4/c1-25(2,3)35-24(33)31-13-11-30(12-14-31)21-7-8-22(28-18-21)29-23(32)26(9-15-34-16-10-26)19-5-4-6-20(27)17-19/h4-8,17-18H,9-16H2,1-3H3,(H,28,29,32). The molecule has 0 spiro atoms.